The minimum absolute atomic E-state index is 0.0219. The molecule has 1 fully saturated rings. The summed E-state index contributed by atoms with van der Waals surface area (Å²) in [6.45, 7) is 3.72. The number of carbonyl (C=O) groups excluding carboxylic acids is 1. The van der Waals surface area contributed by atoms with E-state index in [1.54, 1.807) is 7.11 Å². The second-order valence-corrected chi connectivity index (χ2v) is 5.29. The number of hydrogen-bond donors (Lipinski definition) is 0. The average Bonchev–Trinajstić information content (AvgIpc) is 2.77. The molecule has 1 heterocycles. The van der Waals surface area contributed by atoms with E-state index in [-0.39, 0.29) is 12.2 Å². The van der Waals surface area contributed by atoms with Gasteiger partial charge in [-0.15, -0.1) is 0 Å². The van der Waals surface area contributed by atoms with Crippen LogP contribution in [0.5, 0.6) is 0 Å². The van der Waals surface area contributed by atoms with Gasteiger partial charge >= 0.3 is 0 Å². The van der Waals surface area contributed by atoms with Crippen LogP contribution in [0.1, 0.15) is 51.2 Å². The van der Waals surface area contributed by atoms with Crippen LogP contribution in [-0.4, -0.2) is 23.0 Å². The van der Waals surface area contributed by atoms with Crippen LogP contribution in [0.2, 0.25) is 0 Å². The molecule has 0 spiro atoms. The zero-order chi connectivity index (χ0) is 13.2. The predicted octanol–water partition coefficient (Wildman–Crippen LogP) is 2.25. The van der Waals surface area contributed by atoms with E-state index in [9.17, 15) is 4.79 Å². The molecule has 18 heavy (non-hydrogen) atoms. The third-order valence-electron chi connectivity index (χ3n) is 3.62. The van der Waals surface area contributed by atoms with Crippen LogP contribution in [-0.2, 0) is 21.6 Å². The van der Waals surface area contributed by atoms with E-state index in [1.807, 2.05) is 0 Å². The van der Waals surface area contributed by atoms with Gasteiger partial charge in [-0.25, -0.2) is 0 Å². The monoisotopic (exact) mass is 252 g/mol. The fourth-order valence-electron chi connectivity index (χ4n) is 2.71. The summed E-state index contributed by atoms with van der Waals surface area (Å²) in [5, 5.41) is 4.01. The molecule has 100 valence electrons. The normalized spacial score (nSPS) is 28.3. The second-order valence-electron chi connectivity index (χ2n) is 5.29. The van der Waals surface area contributed by atoms with Crippen molar-refractivity contribution in [1.82, 2.24) is 10.1 Å². The molecule has 5 nitrogen and oxygen atoms in total. The lowest BCUT2D eigenvalue weighted by molar-refractivity contribution is -0.116. The van der Waals surface area contributed by atoms with E-state index < -0.39 is 5.60 Å². The van der Waals surface area contributed by atoms with Crippen molar-refractivity contribution in [2.24, 2.45) is 5.92 Å². The van der Waals surface area contributed by atoms with Crippen LogP contribution >= 0.6 is 0 Å². The molecule has 1 aromatic rings. The number of ether oxygens (including phenoxy) is 1. The van der Waals surface area contributed by atoms with Crippen molar-refractivity contribution >= 4 is 5.78 Å². The Labute approximate surface area is 107 Å². The number of methoxy groups -OCH3 is 1. The molecule has 2 rings (SSSR count). The first-order valence-electron chi connectivity index (χ1n) is 6.43. The van der Waals surface area contributed by atoms with Gasteiger partial charge in [-0.05, 0) is 32.1 Å². The maximum atomic E-state index is 11.0. The van der Waals surface area contributed by atoms with Crippen LogP contribution in [0, 0.1) is 5.92 Å². The van der Waals surface area contributed by atoms with Crippen molar-refractivity contribution in [1.29, 1.82) is 0 Å². The highest BCUT2D eigenvalue weighted by atomic mass is 16.5. The summed E-state index contributed by atoms with van der Waals surface area (Å²) in [6, 6.07) is 0. The van der Waals surface area contributed by atoms with Gasteiger partial charge < -0.3 is 9.26 Å². The first-order chi connectivity index (χ1) is 8.55. The number of hydrogen-bond acceptors (Lipinski definition) is 5. The van der Waals surface area contributed by atoms with Gasteiger partial charge in [0.15, 0.2) is 0 Å². The zero-order valence-electron chi connectivity index (χ0n) is 11.2. The summed E-state index contributed by atoms with van der Waals surface area (Å²) in [5.74, 6) is 1.59. The Bertz CT molecular complexity index is 430. The van der Waals surface area contributed by atoms with Crippen molar-refractivity contribution in [3.05, 3.63) is 11.7 Å². The minimum atomic E-state index is -0.434. The highest BCUT2D eigenvalue weighted by molar-refractivity contribution is 5.77. The van der Waals surface area contributed by atoms with Crippen molar-refractivity contribution in [2.75, 3.05) is 7.11 Å². The highest BCUT2D eigenvalue weighted by Gasteiger charge is 2.40. The van der Waals surface area contributed by atoms with E-state index >= 15 is 0 Å². The van der Waals surface area contributed by atoms with Gasteiger partial charge in [0.2, 0.25) is 11.7 Å². The molecule has 0 saturated heterocycles. The maximum Gasteiger partial charge on any atom is 0.234 e. The lowest BCUT2D eigenvalue weighted by Gasteiger charge is -2.36. The van der Waals surface area contributed by atoms with E-state index in [2.05, 4.69) is 17.1 Å². The number of carbonyl (C=O) groups is 1. The summed E-state index contributed by atoms with van der Waals surface area (Å²) in [7, 11) is 1.69. The van der Waals surface area contributed by atoms with Crippen LogP contribution < -0.4 is 0 Å². The van der Waals surface area contributed by atoms with Crippen molar-refractivity contribution in [2.45, 2.75) is 51.6 Å². The summed E-state index contributed by atoms with van der Waals surface area (Å²) < 4.78 is 10.8. The van der Waals surface area contributed by atoms with E-state index in [4.69, 9.17) is 9.26 Å². The quantitative estimate of drug-likeness (QED) is 0.822. The molecule has 2 unspecified atom stereocenters. The third-order valence-corrected chi connectivity index (χ3v) is 3.62. The SMILES string of the molecule is COC1(c2noc(CC(C)=O)n2)CCCC(C)C1. The van der Waals surface area contributed by atoms with Crippen LogP contribution in [0.15, 0.2) is 4.52 Å². The summed E-state index contributed by atoms with van der Waals surface area (Å²) in [5.41, 5.74) is -0.434. The number of aromatic nitrogens is 2. The minimum Gasteiger partial charge on any atom is -0.370 e. The molecule has 0 bridgehead atoms. The van der Waals surface area contributed by atoms with Gasteiger partial charge in [0, 0.05) is 7.11 Å². The Morgan fingerprint density at radius 1 is 1.61 bits per heavy atom. The van der Waals surface area contributed by atoms with Crippen molar-refractivity contribution in [3.63, 3.8) is 0 Å². The van der Waals surface area contributed by atoms with Gasteiger partial charge in [0.05, 0.1) is 6.42 Å². The Balaban J connectivity index is 2.21. The Kier molecular flexibility index (Phi) is 3.80. The molecular weight excluding hydrogens is 232 g/mol. The molecule has 0 radical (unpaired) electrons. The third kappa shape index (κ3) is 2.61. The van der Waals surface area contributed by atoms with Crippen molar-refractivity contribution in [3.8, 4) is 0 Å². The summed E-state index contributed by atoms with van der Waals surface area (Å²) in [6.07, 6.45) is 4.33. The number of Topliss-reactive ketones (excluding diaryl/α,β-unsaturated/α-hetero) is 1. The lowest BCUT2D eigenvalue weighted by Crippen LogP contribution is -2.35. The Morgan fingerprint density at radius 2 is 2.39 bits per heavy atom. The molecule has 0 aliphatic heterocycles. The molecule has 0 amide bonds. The lowest BCUT2D eigenvalue weighted by atomic mass is 9.78. The van der Waals surface area contributed by atoms with Gasteiger partial charge in [0.25, 0.3) is 0 Å². The number of nitrogens with zero attached hydrogens (tertiary/aromatic N) is 2. The number of ketones is 1. The first-order valence-corrected chi connectivity index (χ1v) is 6.43. The van der Waals surface area contributed by atoms with Crippen LogP contribution in [0.25, 0.3) is 0 Å². The molecule has 5 heteroatoms. The van der Waals surface area contributed by atoms with Crippen molar-refractivity contribution < 1.29 is 14.1 Å². The second kappa shape index (κ2) is 5.18. The molecule has 0 aromatic carbocycles. The first kappa shape index (κ1) is 13.2. The van der Waals surface area contributed by atoms with Gasteiger partial charge in [-0.1, -0.05) is 18.5 Å². The fraction of sp³-hybridized carbons (Fsp3) is 0.769. The van der Waals surface area contributed by atoms with Crippen LogP contribution in [0.4, 0.5) is 0 Å². The highest BCUT2D eigenvalue weighted by Crippen LogP contribution is 2.41. The Morgan fingerprint density at radius 3 is 3.00 bits per heavy atom. The summed E-state index contributed by atoms with van der Waals surface area (Å²) >= 11 is 0. The maximum absolute atomic E-state index is 11.0. The topological polar surface area (TPSA) is 65.2 Å². The van der Waals surface area contributed by atoms with E-state index in [0.29, 0.717) is 17.6 Å². The van der Waals surface area contributed by atoms with E-state index in [0.717, 1.165) is 19.3 Å². The standard InChI is InChI=1S/C13H20N2O3/c1-9-5-4-6-13(8-9,17-3)12-14-11(18-15-12)7-10(2)16/h9H,4-8H2,1-3H3. The van der Waals surface area contributed by atoms with Crippen LogP contribution in [0.3, 0.4) is 0 Å². The molecule has 2 atom stereocenters. The number of rotatable bonds is 4. The summed E-state index contributed by atoms with van der Waals surface area (Å²) in [4.78, 5) is 15.4. The fourth-order valence-corrected chi connectivity index (χ4v) is 2.71. The predicted molar refractivity (Wildman–Crippen MR) is 65.0 cm³/mol. The Hall–Kier alpha value is -1.23. The smallest absolute Gasteiger partial charge is 0.234 e. The molecule has 1 saturated carbocycles. The van der Waals surface area contributed by atoms with E-state index in [1.165, 1.54) is 13.3 Å². The average molecular weight is 252 g/mol. The molecule has 1 aliphatic carbocycles. The molecule has 0 N–H and O–H groups in total. The van der Waals surface area contributed by atoms with Gasteiger partial charge in [-0.3, -0.25) is 4.79 Å². The molecular formula is C13H20N2O3. The molecule has 1 aliphatic rings. The largest absolute Gasteiger partial charge is 0.370 e. The molecule has 1 aromatic heterocycles. The van der Waals surface area contributed by atoms with Gasteiger partial charge in [0.1, 0.15) is 11.4 Å². The van der Waals surface area contributed by atoms with Gasteiger partial charge in [-0.2, -0.15) is 4.98 Å². The zero-order valence-corrected chi connectivity index (χ0v) is 11.2.